The Kier molecular flexibility index (Phi) is 5.54. The van der Waals surface area contributed by atoms with Gasteiger partial charge in [0.1, 0.15) is 5.58 Å². The van der Waals surface area contributed by atoms with Gasteiger partial charge >= 0.3 is 17.7 Å². The number of hydrogen-bond donors (Lipinski definition) is 3. The number of amides is 3. The summed E-state index contributed by atoms with van der Waals surface area (Å²) in [5.41, 5.74) is 5.30. The van der Waals surface area contributed by atoms with Gasteiger partial charge in [-0.1, -0.05) is 18.2 Å². The molecule has 1 aromatic heterocycles. The molecule has 2 aromatic rings. The summed E-state index contributed by atoms with van der Waals surface area (Å²) >= 11 is 0. The van der Waals surface area contributed by atoms with Crippen LogP contribution in [0.15, 0.2) is 28.7 Å². The zero-order valence-corrected chi connectivity index (χ0v) is 13.6. The molecule has 0 aliphatic rings. The Morgan fingerprint density at radius 2 is 1.83 bits per heavy atom. The number of carbonyl (C=O) groups is 3. The first-order chi connectivity index (χ1) is 11.4. The molecular weight excluding hydrogens is 314 g/mol. The molecule has 3 amide bonds. The highest BCUT2D eigenvalue weighted by atomic mass is 16.5. The molecule has 0 atom stereocenters. The van der Waals surface area contributed by atoms with E-state index in [1.807, 2.05) is 11.5 Å². The molecule has 0 spiro atoms. The predicted molar refractivity (Wildman–Crippen MR) is 85.8 cm³/mol. The van der Waals surface area contributed by atoms with E-state index in [2.05, 4.69) is 10.7 Å². The number of ether oxygens (including phenoxy) is 1. The van der Waals surface area contributed by atoms with E-state index < -0.39 is 17.7 Å². The number of fused-ring (bicyclic) bond motifs is 1. The number of hydrogen-bond acceptors (Lipinski definition) is 5. The van der Waals surface area contributed by atoms with Crippen LogP contribution in [0.1, 0.15) is 30.0 Å². The third-order valence-corrected chi connectivity index (χ3v) is 3.11. The normalized spacial score (nSPS) is 10.7. The number of nitrogens with one attached hydrogen (secondary N) is 3. The maximum absolute atomic E-state index is 12.3. The summed E-state index contributed by atoms with van der Waals surface area (Å²) in [5.74, 6) is -2.47. The van der Waals surface area contributed by atoms with Gasteiger partial charge in [-0.2, -0.15) is 0 Å². The Labute approximate surface area is 138 Å². The van der Waals surface area contributed by atoms with Crippen LogP contribution in [-0.4, -0.2) is 30.9 Å². The average Bonchev–Trinajstić information content (AvgIpc) is 2.91. The van der Waals surface area contributed by atoms with Crippen molar-refractivity contribution in [3.05, 3.63) is 35.6 Å². The van der Waals surface area contributed by atoms with Gasteiger partial charge in [0.15, 0.2) is 5.76 Å². The topological polar surface area (TPSA) is 110 Å². The second kappa shape index (κ2) is 7.60. The second-order valence-corrected chi connectivity index (χ2v) is 5.38. The number of methoxy groups -OCH3 is 1. The van der Waals surface area contributed by atoms with Crippen molar-refractivity contribution in [2.24, 2.45) is 0 Å². The van der Waals surface area contributed by atoms with Crippen LogP contribution in [0.25, 0.3) is 11.0 Å². The van der Waals surface area contributed by atoms with Crippen LogP contribution >= 0.6 is 0 Å². The maximum Gasteiger partial charge on any atom is 0.327 e. The van der Waals surface area contributed by atoms with Crippen molar-refractivity contribution in [2.75, 3.05) is 7.11 Å². The van der Waals surface area contributed by atoms with E-state index in [-0.39, 0.29) is 18.4 Å². The molecule has 0 aliphatic heterocycles. The van der Waals surface area contributed by atoms with Crippen LogP contribution in [0, 0.1) is 0 Å². The standard InChI is InChI=1S/C16H19N3O5/c1-9(2)17-15(21)16(22)19-18-14(20)13-11(8-23-3)10-6-4-5-7-12(10)24-13/h4-7,9H,8H2,1-3H3,(H,17,21)(H,18,20)(H,19,22). The Bertz CT molecular complexity index is 766. The fourth-order valence-corrected chi connectivity index (χ4v) is 2.12. The molecule has 0 fully saturated rings. The number of furan rings is 1. The van der Waals surface area contributed by atoms with E-state index in [0.717, 1.165) is 5.39 Å². The fourth-order valence-electron chi connectivity index (χ4n) is 2.12. The van der Waals surface area contributed by atoms with Gasteiger partial charge < -0.3 is 14.5 Å². The number of benzene rings is 1. The van der Waals surface area contributed by atoms with Crippen LogP contribution in [0.3, 0.4) is 0 Å². The molecule has 0 saturated carbocycles. The molecule has 8 heteroatoms. The Balaban J connectivity index is 2.12. The Morgan fingerprint density at radius 3 is 2.50 bits per heavy atom. The zero-order chi connectivity index (χ0) is 17.7. The van der Waals surface area contributed by atoms with Crippen LogP contribution in [0.2, 0.25) is 0 Å². The van der Waals surface area contributed by atoms with E-state index in [1.165, 1.54) is 7.11 Å². The average molecular weight is 333 g/mol. The van der Waals surface area contributed by atoms with E-state index in [1.54, 1.807) is 32.0 Å². The van der Waals surface area contributed by atoms with Crippen molar-refractivity contribution in [1.82, 2.24) is 16.2 Å². The highest BCUT2D eigenvalue weighted by molar-refractivity contribution is 6.35. The van der Waals surface area contributed by atoms with E-state index >= 15 is 0 Å². The third-order valence-electron chi connectivity index (χ3n) is 3.11. The van der Waals surface area contributed by atoms with Crippen molar-refractivity contribution in [1.29, 1.82) is 0 Å². The number of carbonyl (C=O) groups excluding carboxylic acids is 3. The molecule has 0 unspecified atom stereocenters. The van der Waals surface area contributed by atoms with Gasteiger partial charge in [-0.05, 0) is 19.9 Å². The summed E-state index contributed by atoms with van der Waals surface area (Å²) in [6.07, 6.45) is 0. The lowest BCUT2D eigenvalue weighted by Crippen LogP contribution is -2.49. The minimum atomic E-state index is -0.971. The van der Waals surface area contributed by atoms with Gasteiger partial charge in [-0.15, -0.1) is 0 Å². The van der Waals surface area contributed by atoms with Crippen molar-refractivity contribution >= 4 is 28.7 Å². The zero-order valence-electron chi connectivity index (χ0n) is 13.6. The quantitative estimate of drug-likeness (QED) is 0.568. The lowest BCUT2D eigenvalue weighted by Gasteiger charge is -2.09. The molecule has 0 radical (unpaired) electrons. The van der Waals surface area contributed by atoms with Crippen LogP contribution in [0.5, 0.6) is 0 Å². The van der Waals surface area contributed by atoms with Gasteiger partial charge in [0, 0.05) is 24.1 Å². The van der Waals surface area contributed by atoms with Crippen LogP contribution < -0.4 is 16.2 Å². The largest absolute Gasteiger partial charge is 0.450 e. The van der Waals surface area contributed by atoms with E-state index in [0.29, 0.717) is 11.1 Å². The fraction of sp³-hybridized carbons (Fsp3) is 0.312. The molecule has 3 N–H and O–H groups in total. The summed E-state index contributed by atoms with van der Waals surface area (Å²) in [4.78, 5) is 35.4. The van der Waals surface area contributed by atoms with E-state index in [4.69, 9.17) is 9.15 Å². The molecule has 128 valence electrons. The number of para-hydroxylation sites is 1. The summed E-state index contributed by atoms with van der Waals surface area (Å²) in [5, 5.41) is 3.16. The first-order valence-corrected chi connectivity index (χ1v) is 7.34. The molecule has 0 bridgehead atoms. The summed E-state index contributed by atoms with van der Waals surface area (Å²) in [7, 11) is 1.50. The van der Waals surface area contributed by atoms with Crippen LogP contribution in [0.4, 0.5) is 0 Å². The first kappa shape index (κ1) is 17.5. The Morgan fingerprint density at radius 1 is 1.12 bits per heavy atom. The molecule has 8 nitrogen and oxygen atoms in total. The van der Waals surface area contributed by atoms with E-state index in [9.17, 15) is 14.4 Å². The van der Waals surface area contributed by atoms with Crippen molar-refractivity contribution < 1.29 is 23.5 Å². The molecule has 0 saturated heterocycles. The first-order valence-electron chi connectivity index (χ1n) is 7.34. The minimum Gasteiger partial charge on any atom is -0.450 e. The highest BCUT2D eigenvalue weighted by Gasteiger charge is 2.22. The monoisotopic (exact) mass is 333 g/mol. The van der Waals surface area contributed by atoms with Crippen LogP contribution in [-0.2, 0) is 20.9 Å². The van der Waals surface area contributed by atoms with Gasteiger partial charge in [-0.25, -0.2) is 0 Å². The van der Waals surface area contributed by atoms with Gasteiger partial charge in [0.25, 0.3) is 0 Å². The summed E-state index contributed by atoms with van der Waals surface area (Å²) in [6, 6.07) is 6.93. The maximum atomic E-state index is 12.3. The molecule has 0 aliphatic carbocycles. The van der Waals surface area contributed by atoms with Gasteiger partial charge in [0.2, 0.25) is 0 Å². The number of hydrazine groups is 1. The van der Waals surface area contributed by atoms with Crippen molar-refractivity contribution in [3.63, 3.8) is 0 Å². The molecular formula is C16H19N3O5. The third kappa shape index (κ3) is 3.90. The SMILES string of the molecule is COCc1c(C(=O)NNC(=O)C(=O)NC(C)C)oc2ccccc12. The van der Waals surface area contributed by atoms with Crippen molar-refractivity contribution in [3.8, 4) is 0 Å². The molecule has 2 rings (SSSR count). The second-order valence-electron chi connectivity index (χ2n) is 5.38. The molecule has 24 heavy (non-hydrogen) atoms. The smallest absolute Gasteiger partial charge is 0.327 e. The lowest BCUT2D eigenvalue weighted by molar-refractivity contribution is -0.139. The summed E-state index contributed by atoms with van der Waals surface area (Å²) in [6.45, 7) is 3.60. The molecule has 1 aromatic carbocycles. The highest BCUT2D eigenvalue weighted by Crippen LogP contribution is 2.26. The Hall–Kier alpha value is -2.87. The summed E-state index contributed by atoms with van der Waals surface area (Å²) < 4.78 is 10.6. The predicted octanol–water partition coefficient (Wildman–Crippen LogP) is 0.865. The van der Waals surface area contributed by atoms with Crippen molar-refractivity contribution in [2.45, 2.75) is 26.5 Å². The number of rotatable bonds is 4. The van der Waals surface area contributed by atoms with Gasteiger partial charge in [0.05, 0.1) is 6.61 Å². The lowest BCUT2D eigenvalue weighted by atomic mass is 10.1. The minimum absolute atomic E-state index is 0.0163. The van der Waals surface area contributed by atoms with Gasteiger partial charge in [-0.3, -0.25) is 25.2 Å². The molecule has 1 heterocycles.